The number of imidazole rings is 1. The third kappa shape index (κ3) is 4.23. The summed E-state index contributed by atoms with van der Waals surface area (Å²) in [6.45, 7) is 9.81. The van der Waals surface area contributed by atoms with E-state index in [4.69, 9.17) is 0 Å². The normalized spacial score (nSPS) is 8.77. The van der Waals surface area contributed by atoms with Gasteiger partial charge in [0.05, 0.1) is 11.0 Å². The molecule has 0 fully saturated rings. The standard InChI is InChI=1S/C16H12N2.2C2H6/c1-2-6-16-17-14-10-9-13(11-15(14)18-16)12-7-4-3-5-8-12;2*1-2/h3-5,7-11H,1H3,(H,17,18);2*1-2H3. The lowest BCUT2D eigenvalue weighted by atomic mass is 10.1. The summed E-state index contributed by atoms with van der Waals surface area (Å²) >= 11 is 0. The van der Waals surface area contributed by atoms with Crippen LogP contribution in [0.25, 0.3) is 22.2 Å². The molecule has 0 amide bonds. The van der Waals surface area contributed by atoms with E-state index in [0.29, 0.717) is 0 Å². The zero-order valence-corrected chi connectivity index (χ0v) is 14.1. The number of nitrogens with one attached hydrogen (secondary N) is 1. The van der Waals surface area contributed by atoms with Gasteiger partial charge in [-0.3, -0.25) is 0 Å². The van der Waals surface area contributed by atoms with Gasteiger partial charge in [0.15, 0.2) is 5.82 Å². The molecule has 2 aromatic carbocycles. The Balaban J connectivity index is 0.000000561. The van der Waals surface area contributed by atoms with Crippen molar-refractivity contribution in [3.63, 3.8) is 0 Å². The van der Waals surface area contributed by atoms with Crippen LogP contribution in [0.3, 0.4) is 0 Å². The van der Waals surface area contributed by atoms with E-state index < -0.39 is 0 Å². The van der Waals surface area contributed by atoms with Crippen LogP contribution in [0.5, 0.6) is 0 Å². The van der Waals surface area contributed by atoms with E-state index in [1.54, 1.807) is 0 Å². The minimum atomic E-state index is 0.720. The molecule has 2 heteroatoms. The largest absolute Gasteiger partial charge is 0.331 e. The fourth-order valence-corrected chi connectivity index (χ4v) is 2.00. The summed E-state index contributed by atoms with van der Waals surface area (Å²) in [7, 11) is 0. The zero-order valence-electron chi connectivity index (χ0n) is 14.1. The van der Waals surface area contributed by atoms with Crippen LogP contribution in [0.4, 0.5) is 0 Å². The first-order valence-electron chi connectivity index (χ1n) is 7.85. The molecule has 22 heavy (non-hydrogen) atoms. The molecule has 0 unspecified atom stereocenters. The summed E-state index contributed by atoms with van der Waals surface area (Å²) in [5, 5.41) is 0. The lowest BCUT2D eigenvalue weighted by molar-refractivity contribution is 1.28. The Hall–Kier alpha value is -2.53. The average Bonchev–Trinajstić information content (AvgIpc) is 3.01. The van der Waals surface area contributed by atoms with Crippen LogP contribution >= 0.6 is 0 Å². The molecule has 0 bridgehead atoms. The topological polar surface area (TPSA) is 28.7 Å². The first-order valence-corrected chi connectivity index (χ1v) is 7.85. The number of fused-ring (bicyclic) bond motifs is 1. The fraction of sp³-hybridized carbons (Fsp3) is 0.250. The van der Waals surface area contributed by atoms with Gasteiger partial charge in [-0.1, -0.05) is 70.0 Å². The third-order valence-electron chi connectivity index (χ3n) is 2.83. The van der Waals surface area contributed by atoms with Crippen LogP contribution in [-0.4, -0.2) is 9.97 Å². The lowest BCUT2D eigenvalue weighted by Crippen LogP contribution is -1.77. The molecule has 2 nitrogen and oxygen atoms in total. The van der Waals surface area contributed by atoms with Crippen molar-refractivity contribution >= 4 is 11.0 Å². The van der Waals surface area contributed by atoms with Crippen molar-refractivity contribution in [2.24, 2.45) is 0 Å². The molecule has 0 saturated heterocycles. The number of hydrogen-bond acceptors (Lipinski definition) is 1. The lowest BCUT2D eigenvalue weighted by Gasteiger charge is -2.00. The minimum absolute atomic E-state index is 0.720. The van der Waals surface area contributed by atoms with Gasteiger partial charge in [-0.2, -0.15) is 0 Å². The van der Waals surface area contributed by atoms with Gasteiger partial charge >= 0.3 is 0 Å². The molecule has 1 N–H and O–H groups in total. The summed E-state index contributed by atoms with van der Waals surface area (Å²) in [4.78, 5) is 7.63. The Morgan fingerprint density at radius 3 is 2.18 bits per heavy atom. The summed E-state index contributed by atoms with van der Waals surface area (Å²) < 4.78 is 0. The summed E-state index contributed by atoms with van der Waals surface area (Å²) in [5.41, 5.74) is 4.36. The molecule has 3 aromatic rings. The second-order valence-electron chi connectivity index (χ2n) is 4.06. The van der Waals surface area contributed by atoms with Crippen LogP contribution < -0.4 is 0 Å². The molecule has 0 saturated carbocycles. The number of nitrogens with zero attached hydrogens (tertiary/aromatic N) is 1. The molecular weight excluding hydrogens is 268 g/mol. The summed E-state index contributed by atoms with van der Waals surface area (Å²) in [5.74, 6) is 6.51. The second-order valence-corrected chi connectivity index (χ2v) is 4.06. The number of aromatic nitrogens is 2. The number of hydrogen-bond donors (Lipinski definition) is 1. The van der Waals surface area contributed by atoms with E-state index >= 15 is 0 Å². The van der Waals surface area contributed by atoms with E-state index in [-0.39, 0.29) is 0 Å². The zero-order chi connectivity index (χ0) is 16.4. The highest BCUT2D eigenvalue weighted by atomic mass is 14.9. The van der Waals surface area contributed by atoms with E-state index in [1.807, 2.05) is 58.9 Å². The molecule has 0 aliphatic carbocycles. The van der Waals surface area contributed by atoms with E-state index in [1.165, 1.54) is 11.1 Å². The molecule has 0 aliphatic rings. The molecule has 114 valence electrons. The van der Waals surface area contributed by atoms with Crippen molar-refractivity contribution in [2.75, 3.05) is 0 Å². The van der Waals surface area contributed by atoms with Gasteiger partial charge < -0.3 is 4.98 Å². The van der Waals surface area contributed by atoms with E-state index in [9.17, 15) is 0 Å². The first kappa shape index (κ1) is 17.5. The van der Waals surface area contributed by atoms with Crippen LogP contribution in [0, 0.1) is 11.8 Å². The maximum absolute atomic E-state index is 4.41. The summed E-state index contributed by atoms with van der Waals surface area (Å²) in [6, 6.07) is 16.5. The Kier molecular flexibility index (Phi) is 7.50. The van der Waals surface area contributed by atoms with Crippen molar-refractivity contribution in [3.8, 4) is 23.0 Å². The van der Waals surface area contributed by atoms with Crippen molar-refractivity contribution in [1.29, 1.82) is 0 Å². The number of H-pyrrole nitrogens is 1. The highest BCUT2D eigenvalue weighted by Crippen LogP contribution is 2.22. The Labute approximate surface area is 133 Å². The molecular formula is C20H24N2. The van der Waals surface area contributed by atoms with Gasteiger partial charge in [0.2, 0.25) is 0 Å². The van der Waals surface area contributed by atoms with Crippen LogP contribution in [0.1, 0.15) is 40.4 Å². The number of aromatic amines is 1. The second kappa shape index (κ2) is 9.41. The van der Waals surface area contributed by atoms with Crippen molar-refractivity contribution < 1.29 is 0 Å². The fourth-order valence-electron chi connectivity index (χ4n) is 2.00. The van der Waals surface area contributed by atoms with Crippen molar-refractivity contribution in [1.82, 2.24) is 9.97 Å². The van der Waals surface area contributed by atoms with Gasteiger partial charge in [0.25, 0.3) is 0 Å². The Morgan fingerprint density at radius 1 is 0.864 bits per heavy atom. The quantitative estimate of drug-likeness (QED) is 0.576. The van der Waals surface area contributed by atoms with Gasteiger partial charge in [0, 0.05) is 0 Å². The number of benzene rings is 2. The van der Waals surface area contributed by atoms with Crippen molar-refractivity contribution in [2.45, 2.75) is 34.6 Å². The average molecular weight is 292 g/mol. The summed E-state index contributed by atoms with van der Waals surface area (Å²) in [6.07, 6.45) is 0. The first-order chi connectivity index (χ1) is 10.9. The predicted molar refractivity (Wildman–Crippen MR) is 96.8 cm³/mol. The van der Waals surface area contributed by atoms with Gasteiger partial charge in [-0.15, -0.1) is 0 Å². The van der Waals surface area contributed by atoms with Gasteiger partial charge in [-0.05, 0) is 36.1 Å². The van der Waals surface area contributed by atoms with Crippen LogP contribution in [-0.2, 0) is 0 Å². The maximum atomic E-state index is 4.41. The van der Waals surface area contributed by atoms with E-state index in [2.05, 4.69) is 46.1 Å². The Morgan fingerprint density at radius 2 is 1.55 bits per heavy atom. The van der Waals surface area contributed by atoms with E-state index in [0.717, 1.165) is 16.9 Å². The highest BCUT2D eigenvalue weighted by molar-refractivity contribution is 5.82. The molecule has 1 heterocycles. The molecule has 0 atom stereocenters. The smallest absolute Gasteiger partial charge is 0.183 e. The van der Waals surface area contributed by atoms with Crippen LogP contribution in [0.2, 0.25) is 0 Å². The molecule has 0 radical (unpaired) electrons. The number of rotatable bonds is 1. The molecule has 3 rings (SSSR count). The minimum Gasteiger partial charge on any atom is -0.331 e. The van der Waals surface area contributed by atoms with Gasteiger partial charge in [0.1, 0.15) is 0 Å². The molecule has 0 aliphatic heterocycles. The molecule has 0 spiro atoms. The SMILES string of the molecule is CC.CC.CC#Cc1nc2ccc(-c3ccccc3)cc2[nH]1. The maximum Gasteiger partial charge on any atom is 0.183 e. The van der Waals surface area contributed by atoms with Gasteiger partial charge in [-0.25, -0.2) is 4.98 Å². The Bertz CT molecular complexity index is 743. The molecule has 1 aromatic heterocycles. The third-order valence-corrected chi connectivity index (χ3v) is 2.83. The van der Waals surface area contributed by atoms with Crippen molar-refractivity contribution in [3.05, 3.63) is 54.4 Å². The van der Waals surface area contributed by atoms with Crippen LogP contribution in [0.15, 0.2) is 48.5 Å². The highest BCUT2D eigenvalue weighted by Gasteiger charge is 2.03. The predicted octanol–water partition coefficient (Wildman–Crippen LogP) is 5.65. The monoisotopic (exact) mass is 292 g/mol.